The lowest BCUT2D eigenvalue weighted by molar-refractivity contribution is -0.120. The largest absolute Gasteiger partial charge is 0.383 e. The molecule has 2 unspecified atom stereocenters. The third-order valence-electron chi connectivity index (χ3n) is 3.85. The number of carbonyl (C=O) groups excluding carboxylic acids is 1. The smallest absolute Gasteiger partial charge is 0.234 e. The van der Waals surface area contributed by atoms with Crippen LogP contribution in [0.3, 0.4) is 0 Å². The first kappa shape index (κ1) is 15.4. The maximum absolute atomic E-state index is 11.5. The standard InChI is InChI=1S/C14H28N2O2/c1-3-12-5-4-6-13(8-7-12)16-11-14(17)15-9-10-18-2/h12-13,16H,3-11H2,1-2H3,(H,15,17). The fourth-order valence-electron chi connectivity index (χ4n) is 2.58. The van der Waals surface area contributed by atoms with Crippen LogP contribution in [0.5, 0.6) is 0 Å². The lowest BCUT2D eigenvalue weighted by Crippen LogP contribution is -2.40. The first-order valence-electron chi connectivity index (χ1n) is 7.25. The first-order valence-corrected chi connectivity index (χ1v) is 7.25. The number of carbonyl (C=O) groups is 1. The van der Waals surface area contributed by atoms with E-state index in [-0.39, 0.29) is 5.91 Å². The summed E-state index contributed by atoms with van der Waals surface area (Å²) in [6.45, 7) is 3.89. The zero-order valence-electron chi connectivity index (χ0n) is 11.8. The van der Waals surface area contributed by atoms with Crippen molar-refractivity contribution in [2.75, 3.05) is 26.8 Å². The first-order chi connectivity index (χ1) is 8.76. The molecule has 1 rings (SSSR count). The maximum atomic E-state index is 11.5. The molecule has 0 aromatic rings. The Labute approximate surface area is 111 Å². The van der Waals surface area contributed by atoms with E-state index >= 15 is 0 Å². The summed E-state index contributed by atoms with van der Waals surface area (Å²) in [7, 11) is 1.64. The monoisotopic (exact) mass is 256 g/mol. The highest BCUT2D eigenvalue weighted by Crippen LogP contribution is 2.25. The van der Waals surface area contributed by atoms with Crippen molar-refractivity contribution < 1.29 is 9.53 Å². The second-order valence-corrected chi connectivity index (χ2v) is 5.20. The molecule has 18 heavy (non-hydrogen) atoms. The summed E-state index contributed by atoms with van der Waals surface area (Å²) in [6.07, 6.45) is 7.67. The van der Waals surface area contributed by atoms with Crippen LogP contribution in [0.2, 0.25) is 0 Å². The van der Waals surface area contributed by atoms with Gasteiger partial charge in [0, 0.05) is 19.7 Å². The molecule has 0 aliphatic heterocycles. The van der Waals surface area contributed by atoms with Gasteiger partial charge in [0.05, 0.1) is 13.2 Å². The highest BCUT2D eigenvalue weighted by Gasteiger charge is 2.17. The molecular weight excluding hydrogens is 228 g/mol. The van der Waals surface area contributed by atoms with Crippen LogP contribution in [0.25, 0.3) is 0 Å². The van der Waals surface area contributed by atoms with Gasteiger partial charge in [0.25, 0.3) is 0 Å². The summed E-state index contributed by atoms with van der Waals surface area (Å²) in [5.74, 6) is 0.968. The van der Waals surface area contributed by atoms with E-state index in [4.69, 9.17) is 4.74 Å². The van der Waals surface area contributed by atoms with Crippen molar-refractivity contribution in [3.05, 3.63) is 0 Å². The molecule has 1 saturated carbocycles. The van der Waals surface area contributed by atoms with Crippen LogP contribution < -0.4 is 10.6 Å². The van der Waals surface area contributed by atoms with Gasteiger partial charge < -0.3 is 15.4 Å². The topological polar surface area (TPSA) is 50.4 Å². The van der Waals surface area contributed by atoms with E-state index in [0.717, 1.165) is 5.92 Å². The molecule has 0 radical (unpaired) electrons. The van der Waals surface area contributed by atoms with Crippen molar-refractivity contribution in [3.8, 4) is 0 Å². The van der Waals surface area contributed by atoms with E-state index in [2.05, 4.69) is 17.6 Å². The molecule has 106 valence electrons. The van der Waals surface area contributed by atoms with E-state index in [0.29, 0.717) is 25.7 Å². The van der Waals surface area contributed by atoms with E-state index in [1.807, 2.05) is 0 Å². The Morgan fingerprint density at radius 3 is 2.83 bits per heavy atom. The van der Waals surface area contributed by atoms with Crippen molar-refractivity contribution in [3.63, 3.8) is 0 Å². The molecule has 4 nitrogen and oxygen atoms in total. The van der Waals surface area contributed by atoms with Gasteiger partial charge >= 0.3 is 0 Å². The van der Waals surface area contributed by atoms with Gasteiger partial charge in [0.2, 0.25) is 5.91 Å². The van der Waals surface area contributed by atoms with Crippen LogP contribution in [0.1, 0.15) is 45.4 Å². The number of ether oxygens (including phenoxy) is 1. The van der Waals surface area contributed by atoms with Gasteiger partial charge in [-0.15, -0.1) is 0 Å². The molecule has 1 fully saturated rings. The summed E-state index contributed by atoms with van der Waals surface area (Å²) >= 11 is 0. The molecule has 2 N–H and O–H groups in total. The van der Waals surface area contributed by atoms with Crippen molar-refractivity contribution in [2.24, 2.45) is 5.92 Å². The molecule has 0 saturated heterocycles. The Morgan fingerprint density at radius 1 is 1.28 bits per heavy atom. The quantitative estimate of drug-likeness (QED) is 0.538. The Balaban J connectivity index is 2.12. The van der Waals surface area contributed by atoms with Gasteiger partial charge in [0.15, 0.2) is 0 Å². The normalized spacial score (nSPS) is 24.6. The van der Waals surface area contributed by atoms with Crippen molar-refractivity contribution in [1.29, 1.82) is 0 Å². The van der Waals surface area contributed by atoms with Gasteiger partial charge in [-0.25, -0.2) is 0 Å². The second kappa shape index (κ2) is 9.34. The summed E-state index contributed by atoms with van der Waals surface area (Å²) < 4.78 is 4.89. The average molecular weight is 256 g/mol. The predicted octanol–water partition coefficient (Wildman–Crippen LogP) is 1.70. The summed E-state index contributed by atoms with van der Waals surface area (Å²) in [5, 5.41) is 6.21. The van der Waals surface area contributed by atoms with Gasteiger partial charge in [0.1, 0.15) is 0 Å². The van der Waals surface area contributed by atoms with Crippen LogP contribution in [-0.2, 0) is 9.53 Å². The van der Waals surface area contributed by atoms with E-state index < -0.39 is 0 Å². The van der Waals surface area contributed by atoms with Gasteiger partial charge in [-0.1, -0.05) is 26.2 Å². The average Bonchev–Trinajstić information content (AvgIpc) is 2.61. The second-order valence-electron chi connectivity index (χ2n) is 5.20. The minimum atomic E-state index is 0.0725. The minimum Gasteiger partial charge on any atom is -0.383 e. The van der Waals surface area contributed by atoms with Crippen molar-refractivity contribution in [2.45, 2.75) is 51.5 Å². The highest BCUT2D eigenvalue weighted by atomic mass is 16.5. The van der Waals surface area contributed by atoms with Crippen LogP contribution in [0.15, 0.2) is 0 Å². The minimum absolute atomic E-state index is 0.0725. The van der Waals surface area contributed by atoms with Crippen molar-refractivity contribution >= 4 is 5.91 Å². The molecule has 0 heterocycles. The summed E-state index contributed by atoms with van der Waals surface area (Å²) in [6, 6.07) is 0.523. The number of methoxy groups -OCH3 is 1. The molecule has 4 heteroatoms. The summed E-state index contributed by atoms with van der Waals surface area (Å²) in [4.78, 5) is 11.5. The molecule has 0 bridgehead atoms. The van der Waals surface area contributed by atoms with Crippen LogP contribution in [-0.4, -0.2) is 38.8 Å². The lowest BCUT2D eigenvalue weighted by atomic mass is 9.98. The zero-order valence-corrected chi connectivity index (χ0v) is 11.8. The molecule has 1 aliphatic rings. The van der Waals surface area contributed by atoms with E-state index in [1.165, 1.54) is 38.5 Å². The third kappa shape index (κ3) is 6.36. The molecule has 1 amide bonds. The fourth-order valence-corrected chi connectivity index (χ4v) is 2.58. The fraction of sp³-hybridized carbons (Fsp3) is 0.929. The molecule has 1 aliphatic carbocycles. The van der Waals surface area contributed by atoms with Gasteiger partial charge in [-0.3, -0.25) is 4.79 Å². The number of hydrogen-bond donors (Lipinski definition) is 2. The third-order valence-corrected chi connectivity index (χ3v) is 3.85. The Hall–Kier alpha value is -0.610. The van der Waals surface area contributed by atoms with Gasteiger partial charge in [-0.2, -0.15) is 0 Å². The SMILES string of the molecule is CCC1CCCC(NCC(=O)NCCOC)CC1. The lowest BCUT2D eigenvalue weighted by Gasteiger charge is -2.16. The Kier molecular flexibility index (Phi) is 8.01. The summed E-state index contributed by atoms with van der Waals surface area (Å²) in [5.41, 5.74) is 0. The zero-order chi connectivity index (χ0) is 13.2. The van der Waals surface area contributed by atoms with Crippen LogP contribution >= 0.6 is 0 Å². The van der Waals surface area contributed by atoms with E-state index in [9.17, 15) is 4.79 Å². The van der Waals surface area contributed by atoms with Crippen molar-refractivity contribution in [1.82, 2.24) is 10.6 Å². The predicted molar refractivity (Wildman–Crippen MR) is 73.5 cm³/mol. The van der Waals surface area contributed by atoms with Crippen LogP contribution in [0, 0.1) is 5.92 Å². The maximum Gasteiger partial charge on any atom is 0.234 e. The molecule has 2 atom stereocenters. The van der Waals surface area contributed by atoms with Gasteiger partial charge in [-0.05, 0) is 25.2 Å². The number of nitrogens with one attached hydrogen (secondary N) is 2. The molecular formula is C14H28N2O2. The Morgan fingerprint density at radius 2 is 2.11 bits per heavy atom. The highest BCUT2D eigenvalue weighted by molar-refractivity contribution is 5.77. The molecule has 0 aromatic carbocycles. The molecule has 0 spiro atoms. The van der Waals surface area contributed by atoms with Crippen LogP contribution in [0.4, 0.5) is 0 Å². The number of amides is 1. The van der Waals surface area contributed by atoms with E-state index in [1.54, 1.807) is 7.11 Å². The Bertz CT molecular complexity index is 234. The number of hydrogen-bond acceptors (Lipinski definition) is 3. The molecule has 0 aromatic heterocycles. The number of rotatable bonds is 7.